The van der Waals surface area contributed by atoms with Crippen LogP contribution in [0.5, 0.6) is 5.75 Å². The zero-order valence-electron chi connectivity index (χ0n) is 12.6. The quantitative estimate of drug-likeness (QED) is 0.753. The average molecular weight is 308 g/mol. The van der Waals surface area contributed by atoms with Crippen LogP contribution in [-0.2, 0) is 11.2 Å². The molecule has 1 aromatic heterocycles. The van der Waals surface area contributed by atoms with Gasteiger partial charge >= 0.3 is 5.97 Å². The van der Waals surface area contributed by atoms with Gasteiger partial charge in [0.25, 0.3) is 0 Å². The van der Waals surface area contributed by atoms with Crippen LogP contribution in [0.25, 0.3) is 10.9 Å². The van der Waals surface area contributed by atoms with E-state index in [0.717, 1.165) is 28.0 Å². The number of carbonyl (C=O) groups is 1. The third-order valence-corrected chi connectivity index (χ3v) is 3.47. The van der Waals surface area contributed by atoms with Crippen molar-refractivity contribution in [2.24, 2.45) is 0 Å². The minimum absolute atomic E-state index is 0.109. The van der Waals surface area contributed by atoms with E-state index in [9.17, 15) is 4.79 Å². The second-order valence-corrected chi connectivity index (χ2v) is 5.10. The number of anilines is 2. The van der Waals surface area contributed by atoms with Gasteiger partial charge < -0.3 is 15.2 Å². The molecule has 1 heterocycles. The number of para-hydroxylation sites is 1. The van der Waals surface area contributed by atoms with Crippen molar-refractivity contribution >= 4 is 28.2 Å². The smallest absolute Gasteiger partial charge is 0.309 e. The van der Waals surface area contributed by atoms with Crippen LogP contribution < -0.4 is 10.1 Å². The zero-order chi connectivity index (χ0) is 16.2. The van der Waals surface area contributed by atoms with E-state index in [1.54, 1.807) is 13.2 Å². The minimum Gasteiger partial charge on any atom is -0.497 e. The Balaban J connectivity index is 2.01. The Morgan fingerprint density at radius 3 is 2.61 bits per heavy atom. The van der Waals surface area contributed by atoms with Crippen molar-refractivity contribution in [2.45, 2.75) is 6.42 Å². The number of hydrogen-bond donors (Lipinski definition) is 2. The third-order valence-electron chi connectivity index (χ3n) is 3.47. The van der Waals surface area contributed by atoms with Crippen LogP contribution in [0, 0.1) is 0 Å². The Hall–Kier alpha value is -3.08. The van der Waals surface area contributed by atoms with Gasteiger partial charge in [0.2, 0.25) is 0 Å². The SMILES string of the molecule is COc1ccc(Nc2cc(CC(=O)O)nc3ccccc23)cc1. The summed E-state index contributed by atoms with van der Waals surface area (Å²) in [5.41, 5.74) is 3.01. The summed E-state index contributed by atoms with van der Waals surface area (Å²) in [5.74, 6) is -0.120. The number of hydrogen-bond acceptors (Lipinski definition) is 4. The highest BCUT2D eigenvalue weighted by molar-refractivity contribution is 5.93. The van der Waals surface area contributed by atoms with E-state index >= 15 is 0 Å². The van der Waals surface area contributed by atoms with Gasteiger partial charge in [-0.25, -0.2) is 0 Å². The van der Waals surface area contributed by atoms with Crippen molar-refractivity contribution in [2.75, 3.05) is 12.4 Å². The van der Waals surface area contributed by atoms with E-state index < -0.39 is 5.97 Å². The van der Waals surface area contributed by atoms with Crippen molar-refractivity contribution in [1.29, 1.82) is 0 Å². The number of ether oxygens (including phenoxy) is 1. The van der Waals surface area contributed by atoms with E-state index in [-0.39, 0.29) is 6.42 Å². The number of aromatic nitrogens is 1. The Bertz CT molecular complexity index is 845. The maximum atomic E-state index is 11.0. The zero-order valence-corrected chi connectivity index (χ0v) is 12.6. The molecule has 0 fully saturated rings. The summed E-state index contributed by atoms with van der Waals surface area (Å²) in [5, 5.41) is 13.3. The molecule has 0 amide bonds. The Morgan fingerprint density at radius 2 is 1.91 bits per heavy atom. The number of pyridine rings is 1. The Labute approximate surface area is 133 Å². The van der Waals surface area contributed by atoms with Gasteiger partial charge in [-0.15, -0.1) is 0 Å². The van der Waals surface area contributed by atoms with Gasteiger partial charge in [0.1, 0.15) is 5.75 Å². The maximum Gasteiger partial charge on any atom is 0.309 e. The fourth-order valence-corrected chi connectivity index (χ4v) is 2.41. The molecule has 0 saturated heterocycles. The summed E-state index contributed by atoms with van der Waals surface area (Å²) in [6.07, 6.45) is -0.109. The first kappa shape index (κ1) is 14.8. The fraction of sp³-hybridized carbons (Fsp3) is 0.111. The molecule has 0 unspecified atom stereocenters. The minimum atomic E-state index is -0.900. The molecule has 0 atom stereocenters. The van der Waals surface area contributed by atoms with Gasteiger partial charge in [-0.2, -0.15) is 0 Å². The first-order valence-corrected chi connectivity index (χ1v) is 7.17. The highest BCUT2D eigenvalue weighted by atomic mass is 16.5. The van der Waals surface area contributed by atoms with Crippen LogP contribution >= 0.6 is 0 Å². The predicted molar refractivity (Wildman–Crippen MR) is 89.4 cm³/mol. The number of carboxylic acids is 1. The van der Waals surface area contributed by atoms with Crippen molar-refractivity contribution in [3.63, 3.8) is 0 Å². The van der Waals surface area contributed by atoms with Crippen molar-refractivity contribution in [3.8, 4) is 5.75 Å². The largest absolute Gasteiger partial charge is 0.497 e. The number of carboxylic acid groups (broad SMARTS) is 1. The lowest BCUT2D eigenvalue weighted by Crippen LogP contribution is -2.04. The van der Waals surface area contributed by atoms with E-state index in [1.165, 1.54) is 0 Å². The van der Waals surface area contributed by atoms with Gasteiger partial charge in [-0.3, -0.25) is 9.78 Å². The van der Waals surface area contributed by atoms with Crippen LogP contribution in [0.2, 0.25) is 0 Å². The molecule has 5 nitrogen and oxygen atoms in total. The number of rotatable bonds is 5. The summed E-state index contributed by atoms with van der Waals surface area (Å²) in [6, 6.07) is 17.0. The monoisotopic (exact) mass is 308 g/mol. The summed E-state index contributed by atoms with van der Waals surface area (Å²) < 4.78 is 5.15. The second-order valence-electron chi connectivity index (χ2n) is 5.10. The number of aliphatic carboxylic acids is 1. The number of benzene rings is 2. The molecule has 0 bridgehead atoms. The molecular formula is C18H16N2O3. The molecule has 0 aliphatic carbocycles. The molecule has 2 N–H and O–H groups in total. The lowest BCUT2D eigenvalue weighted by molar-refractivity contribution is -0.136. The lowest BCUT2D eigenvalue weighted by Gasteiger charge is -2.12. The van der Waals surface area contributed by atoms with Gasteiger partial charge in [0, 0.05) is 16.8 Å². The Morgan fingerprint density at radius 1 is 1.17 bits per heavy atom. The molecule has 0 saturated carbocycles. The molecule has 116 valence electrons. The molecule has 0 aliphatic heterocycles. The predicted octanol–water partition coefficient (Wildman–Crippen LogP) is 3.61. The second kappa shape index (κ2) is 6.36. The molecule has 3 aromatic rings. The van der Waals surface area contributed by atoms with Gasteiger partial charge in [-0.05, 0) is 36.4 Å². The number of fused-ring (bicyclic) bond motifs is 1. The number of nitrogens with one attached hydrogen (secondary N) is 1. The molecule has 0 aliphatic rings. The van der Waals surface area contributed by atoms with E-state index in [4.69, 9.17) is 9.84 Å². The topological polar surface area (TPSA) is 71.5 Å². The van der Waals surface area contributed by atoms with Crippen molar-refractivity contribution in [1.82, 2.24) is 4.98 Å². The summed E-state index contributed by atoms with van der Waals surface area (Å²) >= 11 is 0. The first-order valence-electron chi connectivity index (χ1n) is 7.17. The molecule has 23 heavy (non-hydrogen) atoms. The maximum absolute atomic E-state index is 11.0. The van der Waals surface area contributed by atoms with Crippen LogP contribution in [0.15, 0.2) is 54.6 Å². The normalized spacial score (nSPS) is 10.5. The molecular weight excluding hydrogens is 292 g/mol. The highest BCUT2D eigenvalue weighted by Crippen LogP contribution is 2.27. The van der Waals surface area contributed by atoms with Crippen molar-refractivity contribution in [3.05, 3.63) is 60.3 Å². The van der Waals surface area contributed by atoms with Crippen LogP contribution in [-0.4, -0.2) is 23.2 Å². The van der Waals surface area contributed by atoms with Gasteiger partial charge in [0.15, 0.2) is 0 Å². The van der Waals surface area contributed by atoms with E-state index in [0.29, 0.717) is 5.69 Å². The number of methoxy groups -OCH3 is 1. The fourth-order valence-electron chi connectivity index (χ4n) is 2.41. The molecule has 5 heteroatoms. The van der Waals surface area contributed by atoms with Gasteiger partial charge in [-0.1, -0.05) is 18.2 Å². The van der Waals surface area contributed by atoms with Crippen LogP contribution in [0.4, 0.5) is 11.4 Å². The standard InChI is InChI=1S/C18H16N2O3/c1-23-14-8-6-12(7-9-14)19-17-10-13(11-18(21)22)20-16-5-3-2-4-15(16)17/h2-10H,11H2,1H3,(H,19,20)(H,21,22). The average Bonchev–Trinajstić information content (AvgIpc) is 2.55. The summed E-state index contributed by atoms with van der Waals surface area (Å²) in [4.78, 5) is 15.4. The number of nitrogens with zero attached hydrogens (tertiary/aromatic N) is 1. The first-order chi connectivity index (χ1) is 11.2. The molecule has 3 rings (SSSR count). The third kappa shape index (κ3) is 3.40. The van der Waals surface area contributed by atoms with E-state index in [2.05, 4.69) is 10.3 Å². The van der Waals surface area contributed by atoms with Crippen LogP contribution in [0.3, 0.4) is 0 Å². The molecule has 0 radical (unpaired) electrons. The Kier molecular flexibility index (Phi) is 4.10. The highest BCUT2D eigenvalue weighted by Gasteiger charge is 2.09. The molecule has 0 spiro atoms. The van der Waals surface area contributed by atoms with E-state index in [1.807, 2.05) is 48.5 Å². The lowest BCUT2D eigenvalue weighted by atomic mass is 10.1. The molecule has 2 aromatic carbocycles. The van der Waals surface area contributed by atoms with Crippen molar-refractivity contribution < 1.29 is 14.6 Å². The van der Waals surface area contributed by atoms with Gasteiger partial charge in [0.05, 0.1) is 24.7 Å². The summed E-state index contributed by atoms with van der Waals surface area (Å²) in [7, 11) is 1.62. The van der Waals surface area contributed by atoms with Crippen LogP contribution in [0.1, 0.15) is 5.69 Å². The summed E-state index contributed by atoms with van der Waals surface area (Å²) in [6.45, 7) is 0.